The molecule has 0 radical (unpaired) electrons. The predicted octanol–water partition coefficient (Wildman–Crippen LogP) is 9.71. The van der Waals surface area contributed by atoms with Crippen molar-refractivity contribution in [2.75, 3.05) is 0 Å². The first kappa shape index (κ1) is 28.4. The van der Waals surface area contributed by atoms with Crippen LogP contribution in [0.2, 0.25) is 0 Å². The average molecular weight is 797 g/mol. The van der Waals surface area contributed by atoms with Crippen LogP contribution in [0.3, 0.4) is 0 Å². The summed E-state index contributed by atoms with van der Waals surface area (Å²) >= 11 is 0. The molecule has 0 saturated heterocycles. The van der Waals surface area contributed by atoms with Gasteiger partial charge < -0.3 is 13.5 Å². The van der Waals surface area contributed by atoms with Gasteiger partial charge in [-0.05, 0) is 33.5 Å². The quantitative estimate of drug-likeness (QED) is 0.132. The zero-order chi connectivity index (χ0) is 30.9. The van der Waals surface area contributed by atoms with E-state index >= 15 is 0 Å². The molecule has 0 fully saturated rings. The molecule has 6 nitrogen and oxygen atoms in total. The Kier molecular flexibility index (Phi) is 6.59. The van der Waals surface area contributed by atoms with Crippen molar-refractivity contribution < 1.29 is 25.8 Å². The first-order chi connectivity index (χ1) is 23.3. The molecule has 0 saturated carbocycles. The SMILES string of the molecule is [Pt+2].[c-]1c(Oc2[c-]c3c(cc2)c2ccc(-c4ccccc4)c(-c4ccccc4)c2n2ccnc32)ccc2c1c1nccn1c1ccncc21. The molecular weight excluding hydrogens is 774 g/mol. The number of nitrogens with zero attached hydrogens (tertiary/aromatic N) is 5. The Labute approximate surface area is 289 Å². The van der Waals surface area contributed by atoms with Gasteiger partial charge in [0.1, 0.15) is 0 Å². The minimum atomic E-state index is 0. The van der Waals surface area contributed by atoms with E-state index in [1.165, 1.54) is 16.7 Å². The van der Waals surface area contributed by atoms with Crippen LogP contribution in [0.1, 0.15) is 0 Å². The van der Waals surface area contributed by atoms with Crippen molar-refractivity contribution in [3.63, 3.8) is 0 Å². The van der Waals surface area contributed by atoms with Gasteiger partial charge in [-0.3, -0.25) is 15.0 Å². The van der Waals surface area contributed by atoms with Gasteiger partial charge in [-0.2, -0.15) is 0 Å². The van der Waals surface area contributed by atoms with Gasteiger partial charge in [0.05, 0.1) is 11.3 Å². The van der Waals surface area contributed by atoms with Crippen molar-refractivity contribution in [1.82, 2.24) is 23.8 Å². The molecule has 0 bridgehead atoms. The largest absolute Gasteiger partial charge is 2.00 e. The van der Waals surface area contributed by atoms with Crippen LogP contribution in [-0.4, -0.2) is 23.8 Å². The first-order valence-corrected chi connectivity index (χ1v) is 15.4. The van der Waals surface area contributed by atoms with Crippen molar-refractivity contribution in [1.29, 1.82) is 0 Å². The van der Waals surface area contributed by atoms with Gasteiger partial charge in [-0.15, -0.1) is 12.1 Å². The van der Waals surface area contributed by atoms with E-state index in [1.54, 1.807) is 12.4 Å². The third kappa shape index (κ3) is 4.26. The number of rotatable bonds is 4. The Bertz CT molecular complexity index is 2830. The summed E-state index contributed by atoms with van der Waals surface area (Å²) in [4.78, 5) is 13.8. The number of benzene rings is 5. The molecule has 0 atom stereocenters. The molecule has 228 valence electrons. The minimum Gasteiger partial charge on any atom is -0.497 e. The van der Waals surface area contributed by atoms with Gasteiger partial charge in [-0.25, -0.2) is 0 Å². The van der Waals surface area contributed by atoms with Gasteiger partial charge in [0.2, 0.25) is 0 Å². The summed E-state index contributed by atoms with van der Waals surface area (Å²) in [6, 6.07) is 42.7. The Hall–Kier alpha value is -5.84. The van der Waals surface area contributed by atoms with E-state index in [0.717, 1.165) is 60.2 Å². The fourth-order valence-electron chi connectivity index (χ4n) is 6.96. The molecule has 10 rings (SSSR count). The van der Waals surface area contributed by atoms with E-state index < -0.39 is 0 Å². The number of aromatic nitrogens is 5. The van der Waals surface area contributed by atoms with Gasteiger partial charge in [0, 0.05) is 65.3 Å². The summed E-state index contributed by atoms with van der Waals surface area (Å²) in [7, 11) is 0. The Morgan fingerprint density at radius 3 is 1.85 bits per heavy atom. The second-order valence-corrected chi connectivity index (χ2v) is 11.6. The zero-order valence-corrected chi connectivity index (χ0v) is 27.5. The van der Waals surface area contributed by atoms with E-state index in [1.807, 2.05) is 43.0 Å². The second-order valence-electron chi connectivity index (χ2n) is 11.6. The minimum absolute atomic E-state index is 0. The molecule has 0 aliphatic carbocycles. The third-order valence-corrected chi connectivity index (χ3v) is 8.99. The third-order valence-electron chi connectivity index (χ3n) is 8.99. The van der Waals surface area contributed by atoms with E-state index in [4.69, 9.17) is 9.72 Å². The summed E-state index contributed by atoms with van der Waals surface area (Å²) in [5, 5.41) is 6.00. The summed E-state index contributed by atoms with van der Waals surface area (Å²) < 4.78 is 10.7. The van der Waals surface area contributed by atoms with Gasteiger partial charge in [0.15, 0.2) is 0 Å². The maximum atomic E-state index is 6.44. The van der Waals surface area contributed by atoms with E-state index in [9.17, 15) is 0 Å². The number of pyridine rings is 3. The number of imidazole rings is 2. The molecular formula is C41H23N5OPt. The molecule has 5 heterocycles. The van der Waals surface area contributed by atoms with Crippen LogP contribution < -0.4 is 4.74 Å². The summed E-state index contributed by atoms with van der Waals surface area (Å²) in [6.45, 7) is 0. The maximum Gasteiger partial charge on any atom is 2.00 e. The van der Waals surface area contributed by atoms with Crippen molar-refractivity contribution in [2.45, 2.75) is 0 Å². The normalized spacial score (nSPS) is 11.6. The molecule has 0 aliphatic heterocycles. The molecule has 0 spiro atoms. The van der Waals surface area contributed by atoms with Crippen molar-refractivity contribution >= 4 is 54.6 Å². The fourth-order valence-corrected chi connectivity index (χ4v) is 6.96. The van der Waals surface area contributed by atoms with Crippen molar-refractivity contribution in [3.05, 3.63) is 152 Å². The van der Waals surface area contributed by atoms with Crippen LogP contribution in [0.25, 0.3) is 76.9 Å². The van der Waals surface area contributed by atoms with Crippen LogP contribution in [-0.2, 0) is 21.1 Å². The zero-order valence-electron chi connectivity index (χ0n) is 25.2. The van der Waals surface area contributed by atoms with E-state index in [-0.39, 0.29) is 21.1 Å². The van der Waals surface area contributed by atoms with Crippen molar-refractivity contribution in [3.8, 4) is 33.8 Å². The molecule has 0 unspecified atom stereocenters. The predicted molar refractivity (Wildman–Crippen MR) is 187 cm³/mol. The number of hydrogen-bond donors (Lipinski definition) is 0. The smallest absolute Gasteiger partial charge is 0.497 e. The number of fused-ring (bicyclic) bond motifs is 12. The molecule has 48 heavy (non-hydrogen) atoms. The Morgan fingerprint density at radius 2 is 1.15 bits per heavy atom. The molecule has 7 heteroatoms. The van der Waals surface area contributed by atoms with Gasteiger partial charge in [-0.1, -0.05) is 119 Å². The molecule has 10 aromatic rings. The topological polar surface area (TPSA) is 56.7 Å². The summed E-state index contributed by atoms with van der Waals surface area (Å²) in [5.41, 5.74) is 8.45. The average Bonchev–Trinajstić information content (AvgIpc) is 3.84. The monoisotopic (exact) mass is 796 g/mol. The van der Waals surface area contributed by atoms with Gasteiger partial charge >= 0.3 is 21.1 Å². The van der Waals surface area contributed by atoms with Gasteiger partial charge in [0.25, 0.3) is 0 Å². The van der Waals surface area contributed by atoms with E-state index in [0.29, 0.717) is 11.5 Å². The first-order valence-electron chi connectivity index (χ1n) is 15.4. The van der Waals surface area contributed by atoms with Crippen LogP contribution >= 0.6 is 0 Å². The van der Waals surface area contributed by atoms with E-state index in [2.05, 4.69) is 116 Å². The molecule has 5 aromatic heterocycles. The van der Waals surface area contributed by atoms with Crippen LogP contribution in [0, 0.1) is 12.1 Å². The number of hydrogen-bond acceptors (Lipinski definition) is 4. The molecule has 0 amide bonds. The molecule has 0 N–H and O–H groups in total. The second kappa shape index (κ2) is 11.1. The molecule has 0 aliphatic rings. The Balaban J connectivity index is 0.00000314. The van der Waals surface area contributed by atoms with Crippen LogP contribution in [0.4, 0.5) is 0 Å². The Morgan fingerprint density at radius 1 is 0.542 bits per heavy atom. The number of ether oxygens (including phenoxy) is 1. The molecule has 5 aromatic carbocycles. The van der Waals surface area contributed by atoms with Crippen LogP contribution in [0.15, 0.2) is 140 Å². The van der Waals surface area contributed by atoms with Crippen molar-refractivity contribution in [2.24, 2.45) is 0 Å². The summed E-state index contributed by atoms with van der Waals surface area (Å²) in [5.74, 6) is 1.17. The fraction of sp³-hybridized carbons (Fsp3) is 0. The van der Waals surface area contributed by atoms with Crippen LogP contribution in [0.5, 0.6) is 11.5 Å². The standard InChI is InChI=1S/C41H23N5O.Pt/c1-3-7-26(8-4-1)30-15-16-33-31-13-11-28(23-34(31)41-44-20-22-46(41)39(33)38(30)27-9-5-2-6-10-27)47-29-12-14-32-35(24-29)40-43-19-21-45(40)37-17-18-42-25-36(32)37;/h1-22,25H;/q-2;+2. The maximum absolute atomic E-state index is 6.44. The summed E-state index contributed by atoms with van der Waals surface area (Å²) in [6.07, 6.45) is 11.3.